The molecule has 142 valence electrons. The first-order valence-electron chi connectivity index (χ1n) is 8.04. The van der Waals surface area contributed by atoms with Crippen LogP contribution < -0.4 is 5.32 Å². The van der Waals surface area contributed by atoms with Crippen molar-refractivity contribution >= 4 is 34.2 Å². The van der Waals surface area contributed by atoms with Crippen LogP contribution in [0.3, 0.4) is 0 Å². The third-order valence-corrected chi connectivity index (χ3v) is 5.06. The fourth-order valence-electron chi connectivity index (χ4n) is 2.38. The molecule has 28 heavy (non-hydrogen) atoms. The highest BCUT2D eigenvalue weighted by atomic mass is 35.5. The van der Waals surface area contributed by atoms with Gasteiger partial charge in [0.2, 0.25) is 0 Å². The molecule has 0 saturated carbocycles. The molecular formula is C20H13ClF3N3S. The molecule has 0 fully saturated rings. The molecule has 0 aliphatic rings. The summed E-state index contributed by atoms with van der Waals surface area (Å²) in [6, 6.07) is 13.3. The van der Waals surface area contributed by atoms with Gasteiger partial charge in [-0.1, -0.05) is 41.4 Å². The predicted molar refractivity (Wildman–Crippen MR) is 106 cm³/mol. The van der Waals surface area contributed by atoms with E-state index in [4.69, 9.17) is 11.6 Å². The van der Waals surface area contributed by atoms with Crippen LogP contribution in [0.2, 0.25) is 5.02 Å². The van der Waals surface area contributed by atoms with Crippen molar-refractivity contribution in [2.24, 2.45) is 0 Å². The van der Waals surface area contributed by atoms with Crippen LogP contribution in [0.4, 0.5) is 18.9 Å². The molecule has 2 aromatic carbocycles. The lowest BCUT2D eigenvalue weighted by molar-refractivity contribution is -0.137. The van der Waals surface area contributed by atoms with Crippen LogP contribution in [-0.2, 0) is 6.18 Å². The Kier molecular flexibility index (Phi) is 5.73. The lowest BCUT2D eigenvalue weighted by Crippen LogP contribution is -2.06. The summed E-state index contributed by atoms with van der Waals surface area (Å²) in [5.41, 5.74) is 2.22. The number of thiazole rings is 1. The first kappa shape index (κ1) is 19.9. The van der Waals surface area contributed by atoms with E-state index in [2.05, 4.69) is 10.3 Å². The Balaban J connectivity index is 1.84. The fourth-order valence-corrected chi connectivity index (χ4v) is 3.40. The summed E-state index contributed by atoms with van der Waals surface area (Å²) < 4.78 is 38.9. The van der Waals surface area contributed by atoms with Gasteiger partial charge in [-0.2, -0.15) is 18.4 Å². The van der Waals surface area contributed by atoms with E-state index in [9.17, 15) is 18.4 Å². The molecule has 0 saturated heterocycles. The first-order valence-corrected chi connectivity index (χ1v) is 9.30. The number of hydrogen-bond donors (Lipinski definition) is 1. The number of halogens is 4. The number of nitrogens with zero attached hydrogens (tertiary/aromatic N) is 2. The Bertz CT molecular complexity index is 1060. The van der Waals surface area contributed by atoms with Gasteiger partial charge in [-0.3, -0.25) is 0 Å². The number of anilines is 1. The van der Waals surface area contributed by atoms with E-state index in [1.165, 1.54) is 23.6 Å². The number of nitriles is 1. The van der Waals surface area contributed by atoms with Crippen molar-refractivity contribution in [3.05, 3.63) is 75.2 Å². The molecular weight excluding hydrogens is 407 g/mol. The smallest absolute Gasteiger partial charge is 0.360 e. The second-order valence-corrected chi connectivity index (χ2v) is 7.18. The van der Waals surface area contributed by atoms with Crippen molar-refractivity contribution in [1.82, 2.24) is 4.98 Å². The van der Waals surface area contributed by atoms with Gasteiger partial charge in [0.25, 0.3) is 0 Å². The summed E-state index contributed by atoms with van der Waals surface area (Å²) in [5.74, 6) is 0. The van der Waals surface area contributed by atoms with Gasteiger partial charge in [-0.15, -0.1) is 11.3 Å². The summed E-state index contributed by atoms with van der Waals surface area (Å²) in [5, 5.41) is 14.0. The number of nitrogens with one attached hydrogen (secondary N) is 1. The third-order valence-electron chi connectivity index (χ3n) is 3.86. The van der Waals surface area contributed by atoms with E-state index < -0.39 is 11.7 Å². The highest BCUT2D eigenvalue weighted by molar-refractivity contribution is 7.11. The lowest BCUT2D eigenvalue weighted by Gasteiger charge is -2.10. The molecule has 3 aromatic rings. The van der Waals surface area contributed by atoms with E-state index in [0.29, 0.717) is 5.01 Å². The topological polar surface area (TPSA) is 48.7 Å². The largest absolute Gasteiger partial charge is 0.417 e. The van der Waals surface area contributed by atoms with Gasteiger partial charge < -0.3 is 5.32 Å². The molecule has 0 aliphatic heterocycles. The van der Waals surface area contributed by atoms with Gasteiger partial charge in [-0.25, -0.2) is 4.98 Å². The van der Waals surface area contributed by atoms with Crippen molar-refractivity contribution in [2.75, 3.05) is 5.32 Å². The number of allylic oxidation sites excluding steroid dienone is 1. The molecule has 0 spiro atoms. The number of rotatable bonds is 4. The molecule has 1 heterocycles. The normalized spacial score (nSPS) is 11.9. The quantitative estimate of drug-likeness (QED) is 0.475. The second-order valence-electron chi connectivity index (χ2n) is 5.91. The zero-order valence-electron chi connectivity index (χ0n) is 14.5. The SMILES string of the molecule is Cc1ccc(-c2csc(C(C#N)=CNc3ccc(Cl)c(C(F)(F)F)c3)n2)cc1. The van der Waals surface area contributed by atoms with Crippen molar-refractivity contribution in [2.45, 2.75) is 13.1 Å². The lowest BCUT2D eigenvalue weighted by atomic mass is 10.1. The van der Waals surface area contributed by atoms with E-state index in [1.807, 2.05) is 42.6 Å². The summed E-state index contributed by atoms with van der Waals surface area (Å²) >= 11 is 6.90. The van der Waals surface area contributed by atoms with Crippen molar-refractivity contribution in [3.8, 4) is 17.3 Å². The summed E-state index contributed by atoms with van der Waals surface area (Å²) in [6.45, 7) is 1.99. The number of benzene rings is 2. The Morgan fingerprint density at radius 1 is 1.21 bits per heavy atom. The van der Waals surface area contributed by atoms with E-state index in [1.54, 1.807) is 0 Å². The molecule has 0 radical (unpaired) electrons. The highest BCUT2D eigenvalue weighted by Gasteiger charge is 2.33. The molecule has 0 unspecified atom stereocenters. The number of alkyl halides is 3. The van der Waals surface area contributed by atoms with Crippen LogP contribution in [0.15, 0.2) is 54.0 Å². The predicted octanol–water partition coefficient (Wildman–Crippen LogP) is 6.77. The van der Waals surface area contributed by atoms with Crippen molar-refractivity contribution < 1.29 is 13.2 Å². The molecule has 3 nitrogen and oxygen atoms in total. The van der Waals surface area contributed by atoms with Crippen LogP contribution in [0.5, 0.6) is 0 Å². The summed E-state index contributed by atoms with van der Waals surface area (Å²) in [6.07, 6.45) is -3.23. The van der Waals surface area contributed by atoms with Crippen LogP contribution in [0.25, 0.3) is 16.8 Å². The number of aryl methyl sites for hydroxylation is 1. The minimum atomic E-state index is -4.56. The summed E-state index contributed by atoms with van der Waals surface area (Å²) in [4.78, 5) is 4.45. The van der Waals surface area contributed by atoms with Gasteiger partial charge >= 0.3 is 6.18 Å². The van der Waals surface area contributed by atoms with Gasteiger partial charge in [-0.05, 0) is 25.1 Å². The van der Waals surface area contributed by atoms with Crippen molar-refractivity contribution in [3.63, 3.8) is 0 Å². The van der Waals surface area contributed by atoms with Gasteiger partial charge in [0.15, 0.2) is 0 Å². The third kappa shape index (κ3) is 4.53. The summed E-state index contributed by atoms with van der Waals surface area (Å²) in [7, 11) is 0. The molecule has 0 atom stereocenters. The monoisotopic (exact) mass is 419 g/mol. The zero-order chi connectivity index (χ0) is 20.3. The maximum atomic E-state index is 13.0. The van der Waals surface area contributed by atoms with Crippen LogP contribution in [-0.4, -0.2) is 4.98 Å². The molecule has 8 heteroatoms. The molecule has 3 rings (SSSR count). The minimum Gasteiger partial charge on any atom is -0.360 e. The van der Waals surface area contributed by atoms with E-state index in [-0.39, 0.29) is 16.3 Å². The highest BCUT2D eigenvalue weighted by Crippen LogP contribution is 2.36. The Labute approximate surface area is 168 Å². The van der Waals surface area contributed by atoms with Crippen LogP contribution >= 0.6 is 22.9 Å². The average molecular weight is 420 g/mol. The Morgan fingerprint density at radius 3 is 2.57 bits per heavy atom. The first-order chi connectivity index (χ1) is 13.3. The molecule has 0 bridgehead atoms. The van der Waals surface area contributed by atoms with Gasteiger partial charge in [0.05, 0.1) is 16.3 Å². The number of hydrogen-bond acceptors (Lipinski definition) is 4. The minimum absolute atomic E-state index is 0.166. The molecule has 1 aromatic heterocycles. The van der Waals surface area contributed by atoms with Crippen molar-refractivity contribution in [1.29, 1.82) is 5.26 Å². The van der Waals surface area contributed by atoms with E-state index >= 15 is 0 Å². The van der Waals surface area contributed by atoms with Gasteiger partial charge in [0, 0.05) is 22.8 Å². The van der Waals surface area contributed by atoms with Gasteiger partial charge in [0.1, 0.15) is 16.6 Å². The maximum absolute atomic E-state index is 13.0. The molecule has 0 amide bonds. The maximum Gasteiger partial charge on any atom is 0.417 e. The zero-order valence-corrected chi connectivity index (χ0v) is 16.1. The molecule has 1 N–H and O–H groups in total. The molecule has 0 aliphatic carbocycles. The van der Waals surface area contributed by atoms with E-state index in [0.717, 1.165) is 29.0 Å². The van der Waals surface area contributed by atoms with Crippen LogP contribution in [0.1, 0.15) is 16.1 Å². The Hall–Kier alpha value is -2.82. The number of aromatic nitrogens is 1. The van der Waals surface area contributed by atoms with Crippen LogP contribution in [0, 0.1) is 18.3 Å². The Morgan fingerprint density at radius 2 is 1.93 bits per heavy atom. The average Bonchev–Trinajstić information content (AvgIpc) is 3.13. The second kappa shape index (κ2) is 8.05. The fraction of sp³-hybridized carbons (Fsp3) is 0.100. The standard InChI is InChI=1S/C20H13ClF3N3S/c1-12-2-4-13(5-3-12)18-11-28-19(27-18)14(9-25)10-26-15-6-7-17(21)16(8-15)20(22,23)24/h2-8,10-11,26H,1H3.